The summed E-state index contributed by atoms with van der Waals surface area (Å²) < 4.78 is 23.9. The predicted octanol–water partition coefficient (Wildman–Crippen LogP) is 2.87. The molecule has 1 unspecified atom stereocenters. The van der Waals surface area contributed by atoms with Gasteiger partial charge in [0.2, 0.25) is 0 Å². The van der Waals surface area contributed by atoms with E-state index in [0.717, 1.165) is 0 Å². The Bertz CT molecular complexity index is 268. The van der Waals surface area contributed by atoms with Crippen LogP contribution in [-0.4, -0.2) is 24.8 Å². The summed E-state index contributed by atoms with van der Waals surface area (Å²) in [5.74, 6) is 0.441. The van der Waals surface area contributed by atoms with Crippen molar-refractivity contribution in [1.82, 2.24) is 0 Å². The molecule has 0 aliphatic carbocycles. The van der Waals surface area contributed by atoms with Crippen molar-refractivity contribution in [1.29, 1.82) is 0 Å². The quantitative estimate of drug-likeness (QED) is 0.728. The van der Waals surface area contributed by atoms with Gasteiger partial charge in [-0.3, -0.25) is 0 Å². The van der Waals surface area contributed by atoms with Crippen LogP contribution in [-0.2, 0) is 9.84 Å². The van der Waals surface area contributed by atoms with Crippen LogP contribution >= 0.6 is 15.9 Å². The lowest BCUT2D eigenvalue weighted by Crippen LogP contribution is -2.33. The molecule has 0 N–H and O–H groups in total. The summed E-state index contributed by atoms with van der Waals surface area (Å²) in [5.41, 5.74) is -0.179. The van der Waals surface area contributed by atoms with Crippen molar-refractivity contribution in [2.75, 3.05) is 11.1 Å². The molecule has 0 aliphatic rings. The Morgan fingerprint density at radius 3 is 1.93 bits per heavy atom. The highest BCUT2D eigenvalue weighted by molar-refractivity contribution is 9.09. The molecule has 14 heavy (non-hydrogen) atoms. The second kappa shape index (κ2) is 4.97. The minimum absolute atomic E-state index is 0.179. The number of alkyl halides is 1. The zero-order valence-corrected chi connectivity index (χ0v) is 12.1. The number of hydrogen-bond donors (Lipinski definition) is 0. The molecular weight excluding hydrogens is 264 g/mol. The van der Waals surface area contributed by atoms with E-state index in [1.807, 2.05) is 27.7 Å². The van der Waals surface area contributed by atoms with Gasteiger partial charge in [-0.1, -0.05) is 43.6 Å². The Balaban J connectivity index is 4.67. The fourth-order valence-corrected chi connectivity index (χ4v) is 3.87. The first-order valence-corrected chi connectivity index (χ1v) is 7.73. The molecule has 0 bridgehead atoms. The average molecular weight is 285 g/mol. The van der Waals surface area contributed by atoms with Crippen LogP contribution in [0.5, 0.6) is 0 Å². The minimum atomic E-state index is -2.96. The van der Waals surface area contributed by atoms with Crippen LogP contribution in [0.25, 0.3) is 0 Å². The molecule has 4 heteroatoms. The van der Waals surface area contributed by atoms with Crippen molar-refractivity contribution >= 4 is 25.8 Å². The van der Waals surface area contributed by atoms with Crippen LogP contribution < -0.4 is 0 Å². The second-order valence-corrected chi connectivity index (χ2v) is 7.97. The largest absolute Gasteiger partial charge is 0.229 e. The molecule has 0 fully saturated rings. The van der Waals surface area contributed by atoms with Crippen molar-refractivity contribution < 1.29 is 8.42 Å². The van der Waals surface area contributed by atoms with E-state index in [2.05, 4.69) is 15.9 Å². The third-order valence-corrected chi connectivity index (χ3v) is 6.84. The summed E-state index contributed by atoms with van der Waals surface area (Å²) in [5, 5.41) is 0.463. The lowest BCUT2D eigenvalue weighted by molar-refractivity contribution is 0.464. The smallest absolute Gasteiger partial charge is 0.153 e. The van der Waals surface area contributed by atoms with Crippen molar-refractivity contribution in [2.24, 2.45) is 11.3 Å². The topological polar surface area (TPSA) is 34.1 Å². The molecule has 0 saturated carbocycles. The fraction of sp³-hybridized carbons (Fsp3) is 1.00. The average Bonchev–Trinajstić information content (AvgIpc) is 2.01. The van der Waals surface area contributed by atoms with Gasteiger partial charge in [-0.25, -0.2) is 8.42 Å². The first-order valence-electron chi connectivity index (χ1n) is 4.90. The van der Waals surface area contributed by atoms with Crippen molar-refractivity contribution in [2.45, 2.75) is 39.9 Å². The highest BCUT2D eigenvalue weighted by Gasteiger charge is 2.30. The molecule has 0 heterocycles. The van der Waals surface area contributed by atoms with E-state index in [1.54, 1.807) is 6.92 Å². The minimum Gasteiger partial charge on any atom is -0.229 e. The zero-order chi connectivity index (χ0) is 11.6. The highest BCUT2D eigenvalue weighted by Crippen LogP contribution is 2.24. The Kier molecular flexibility index (Phi) is 5.12. The molecule has 0 aromatic rings. The van der Waals surface area contributed by atoms with Gasteiger partial charge >= 0.3 is 0 Å². The molecule has 0 spiro atoms. The lowest BCUT2D eigenvalue weighted by atomic mass is 10.0. The van der Waals surface area contributed by atoms with E-state index in [0.29, 0.717) is 5.33 Å². The first-order chi connectivity index (χ1) is 6.12. The van der Waals surface area contributed by atoms with Crippen LogP contribution in [0.15, 0.2) is 0 Å². The molecule has 2 nitrogen and oxygen atoms in total. The maximum absolute atomic E-state index is 11.9. The summed E-state index contributed by atoms with van der Waals surface area (Å²) in [6, 6.07) is 0. The van der Waals surface area contributed by atoms with Gasteiger partial charge in [0.15, 0.2) is 9.84 Å². The van der Waals surface area contributed by atoms with Gasteiger partial charge < -0.3 is 0 Å². The summed E-state index contributed by atoms with van der Waals surface area (Å²) in [6.45, 7) is 9.62. The molecule has 0 radical (unpaired) electrons. The Hall–Kier alpha value is 0.430. The second-order valence-electron chi connectivity index (χ2n) is 5.05. The Labute approximate surface area is 96.5 Å². The monoisotopic (exact) mass is 284 g/mol. The van der Waals surface area contributed by atoms with E-state index in [-0.39, 0.29) is 22.3 Å². The standard InChI is InChI=1S/C10H21BrO2S/c1-8(2)9(3)14(12,13)7-10(4,5)6-11/h8-9H,6-7H2,1-5H3. The maximum Gasteiger partial charge on any atom is 0.153 e. The van der Waals surface area contributed by atoms with E-state index in [4.69, 9.17) is 0 Å². The first kappa shape index (κ1) is 14.4. The Morgan fingerprint density at radius 2 is 1.64 bits per heavy atom. The number of sulfone groups is 1. The van der Waals surface area contributed by atoms with Gasteiger partial charge in [-0.2, -0.15) is 0 Å². The van der Waals surface area contributed by atoms with Gasteiger partial charge in [0.05, 0.1) is 11.0 Å². The third-order valence-electron chi connectivity index (χ3n) is 2.46. The van der Waals surface area contributed by atoms with Crippen molar-refractivity contribution in [3.8, 4) is 0 Å². The lowest BCUT2D eigenvalue weighted by Gasteiger charge is -2.25. The molecule has 0 aliphatic heterocycles. The van der Waals surface area contributed by atoms with Crippen molar-refractivity contribution in [3.63, 3.8) is 0 Å². The van der Waals surface area contributed by atoms with Gasteiger partial charge in [0, 0.05) is 5.33 Å². The van der Waals surface area contributed by atoms with E-state index >= 15 is 0 Å². The van der Waals surface area contributed by atoms with Crippen molar-refractivity contribution in [3.05, 3.63) is 0 Å². The fourth-order valence-electron chi connectivity index (χ4n) is 1.13. The molecule has 1 atom stereocenters. The summed E-state index contributed by atoms with van der Waals surface area (Å²) in [7, 11) is -2.96. The van der Waals surface area contributed by atoms with E-state index < -0.39 is 9.84 Å². The number of halogens is 1. The van der Waals surface area contributed by atoms with Crippen LogP contribution in [0.3, 0.4) is 0 Å². The SMILES string of the molecule is CC(C)C(C)S(=O)(=O)CC(C)(C)CBr. The zero-order valence-electron chi connectivity index (χ0n) is 9.67. The molecule has 0 amide bonds. The van der Waals surface area contributed by atoms with Gasteiger partial charge in [-0.15, -0.1) is 0 Å². The molecule has 0 aromatic heterocycles. The summed E-state index contributed by atoms with van der Waals surface area (Å²) in [6.07, 6.45) is 0. The number of rotatable bonds is 5. The maximum atomic E-state index is 11.9. The summed E-state index contributed by atoms with van der Waals surface area (Å²) in [4.78, 5) is 0. The number of hydrogen-bond acceptors (Lipinski definition) is 2. The van der Waals surface area contributed by atoms with Gasteiger partial charge in [-0.05, 0) is 18.3 Å². The molecule has 86 valence electrons. The normalized spacial score (nSPS) is 15.9. The van der Waals surface area contributed by atoms with Gasteiger partial charge in [0.25, 0.3) is 0 Å². The van der Waals surface area contributed by atoms with Crippen LogP contribution in [0.4, 0.5) is 0 Å². The molecule has 0 saturated heterocycles. The highest BCUT2D eigenvalue weighted by atomic mass is 79.9. The van der Waals surface area contributed by atoms with Gasteiger partial charge in [0.1, 0.15) is 0 Å². The van der Waals surface area contributed by atoms with Crippen LogP contribution in [0, 0.1) is 11.3 Å². The predicted molar refractivity (Wildman–Crippen MR) is 65.7 cm³/mol. The third kappa shape index (κ3) is 4.30. The molecular formula is C10H21BrO2S. The van der Waals surface area contributed by atoms with E-state index in [9.17, 15) is 8.42 Å². The molecule has 0 rings (SSSR count). The Morgan fingerprint density at radius 1 is 1.21 bits per heavy atom. The summed E-state index contributed by atoms with van der Waals surface area (Å²) >= 11 is 3.35. The van der Waals surface area contributed by atoms with E-state index in [1.165, 1.54) is 0 Å². The van der Waals surface area contributed by atoms with Crippen LogP contribution in [0.1, 0.15) is 34.6 Å². The molecule has 0 aromatic carbocycles. The van der Waals surface area contributed by atoms with Crippen LogP contribution in [0.2, 0.25) is 0 Å².